The second kappa shape index (κ2) is 11.2. The Morgan fingerprint density at radius 2 is 1.84 bits per heavy atom. The number of nitrogens with zero attached hydrogens (tertiary/aromatic N) is 6. The first-order valence-electron chi connectivity index (χ1n) is 8.90. The molecule has 2 heterocycles. The molecule has 9 nitrogen and oxygen atoms in total. The number of halogens is 1. The Hall–Kier alpha value is -4.11. The highest BCUT2D eigenvalue weighted by Crippen LogP contribution is 2.16. The van der Waals surface area contributed by atoms with E-state index in [2.05, 4.69) is 21.8 Å². The molecule has 158 valence electrons. The highest BCUT2D eigenvalue weighted by atomic mass is 35.5. The Labute approximate surface area is 184 Å². The zero-order chi connectivity index (χ0) is 21.3. The quantitative estimate of drug-likeness (QED) is 0.177. The van der Waals surface area contributed by atoms with Gasteiger partial charge in [0.15, 0.2) is 18.9 Å². The molecule has 0 saturated heterocycles. The monoisotopic (exact) mass is 438 g/mol. The topological polar surface area (TPSA) is 113 Å². The first kappa shape index (κ1) is 23.2. The molecule has 0 unspecified atom stereocenters. The van der Waals surface area contributed by atoms with Gasteiger partial charge < -0.3 is 15.2 Å². The fourth-order valence-corrected chi connectivity index (χ4v) is 2.56. The van der Waals surface area contributed by atoms with Gasteiger partial charge in [-0.3, -0.25) is 0 Å². The van der Waals surface area contributed by atoms with Gasteiger partial charge in [0.05, 0.1) is 18.3 Å². The van der Waals surface area contributed by atoms with Gasteiger partial charge in [-0.15, -0.1) is 12.4 Å². The van der Waals surface area contributed by atoms with Gasteiger partial charge in [0, 0.05) is 18.2 Å². The molecule has 0 aliphatic rings. The molecule has 0 spiro atoms. The highest BCUT2D eigenvalue weighted by molar-refractivity contribution is 5.85. The fourth-order valence-electron chi connectivity index (χ4n) is 2.56. The number of aromatic nitrogens is 3. The Kier molecular flexibility index (Phi) is 8.35. The van der Waals surface area contributed by atoms with Crippen molar-refractivity contribution < 1.29 is 14.6 Å². The maximum atomic E-state index is 11.8. The summed E-state index contributed by atoms with van der Waals surface area (Å²) in [7, 11) is 0. The van der Waals surface area contributed by atoms with Crippen molar-refractivity contribution in [3.63, 3.8) is 0 Å². The van der Waals surface area contributed by atoms with Crippen LogP contribution in [-0.2, 0) is 6.54 Å². The maximum absolute atomic E-state index is 11.8. The van der Waals surface area contributed by atoms with Gasteiger partial charge >= 0.3 is 5.82 Å². The average Bonchev–Trinajstić information content (AvgIpc) is 3.17. The first-order valence-corrected chi connectivity index (χ1v) is 8.90. The summed E-state index contributed by atoms with van der Waals surface area (Å²) in [5.74, 6) is -0.107. The second-order valence-electron chi connectivity index (χ2n) is 6.07. The molecule has 0 radical (unpaired) electrons. The van der Waals surface area contributed by atoms with E-state index >= 15 is 0 Å². The van der Waals surface area contributed by atoms with Crippen molar-refractivity contribution in [1.82, 2.24) is 9.55 Å². The molecular weight excluding hydrogens is 420 g/mol. The molecule has 0 fully saturated rings. The summed E-state index contributed by atoms with van der Waals surface area (Å²) < 4.78 is 3.01. The number of rotatable bonds is 8. The lowest BCUT2D eigenvalue weighted by atomic mass is 10.1. The Balaban J connectivity index is 0.00000341. The van der Waals surface area contributed by atoms with Gasteiger partial charge in [-0.1, -0.05) is 36.9 Å². The lowest BCUT2D eigenvalue weighted by Gasteiger charge is -2.03. The molecule has 0 N–H and O–H groups in total. The van der Waals surface area contributed by atoms with Crippen molar-refractivity contribution in [3.8, 4) is 0 Å². The van der Waals surface area contributed by atoms with Gasteiger partial charge in [0.25, 0.3) is 0 Å². The van der Waals surface area contributed by atoms with Gasteiger partial charge in [-0.25, -0.2) is 9.55 Å². The van der Waals surface area contributed by atoms with Gasteiger partial charge in [-0.05, 0) is 22.1 Å². The van der Waals surface area contributed by atoms with Crippen molar-refractivity contribution in [2.24, 2.45) is 10.2 Å². The summed E-state index contributed by atoms with van der Waals surface area (Å²) >= 11 is 0. The summed E-state index contributed by atoms with van der Waals surface area (Å²) in [5, 5.41) is 30.3. The Morgan fingerprint density at radius 1 is 1.16 bits per heavy atom. The minimum atomic E-state index is -0.519. The minimum absolute atomic E-state index is 0. The van der Waals surface area contributed by atoms with Crippen molar-refractivity contribution >= 4 is 48.7 Å². The largest absolute Gasteiger partial charge is 0.856 e. The minimum Gasteiger partial charge on any atom is -0.856 e. The SMILES string of the molecule is C=Cn1c([N+](=O)[O-])cnc1/C=C/c1ccc(/C=N/N=C(\[O-])C[n+]2ccccc2)cc1.Cl. The van der Waals surface area contributed by atoms with Crippen LogP contribution in [0.25, 0.3) is 18.4 Å². The van der Waals surface area contributed by atoms with Crippen LogP contribution in [0.2, 0.25) is 0 Å². The van der Waals surface area contributed by atoms with E-state index in [1.807, 2.05) is 42.5 Å². The van der Waals surface area contributed by atoms with Crippen molar-refractivity contribution in [1.29, 1.82) is 0 Å². The summed E-state index contributed by atoms with van der Waals surface area (Å²) in [5.41, 5.74) is 1.64. The van der Waals surface area contributed by atoms with E-state index in [4.69, 9.17) is 0 Å². The number of hydrogen-bond donors (Lipinski definition) is 0. The molecule has 31 heavy (non-hydrogen) atoms. The fraction of sp³-hybridized carbons (Fsp3) is 0.0476. The zero-order valence-electron chi connectivity index (χ0n) is 16.3. The van der Waals surface area contributed by atoms with E-state index in [1.165, 1.54) is 23.2 Å². The molecule has 3 aromatic rings. The van der Waals surface area contributed by atoms with E-state index in [0.717, 1.165) is 11.1 Å². The lowest BCUT2D eigenvalue weighted by molar-refractivity contribution is -0.687. The van der Waals surface area contributed by atoms with E-state index < -0.39 is 4.92 Å². The number of imidazole rings is 1. The number of hydrogen-bond acceptors (Lipinski definition) is 6. The molecule has 0 amide bonds. The molecule has 3 rings (SSSR count). The molecule has 0 atom stereocenters. The molecule has 1 aromatic carbocycles. The van der Waals surface area contributed by atoms with E-state index in [9.17, 15) is 15.2 Å². The molecular formula is C21H19ClN6O3. The van der Waals surface area contributed by atoms with Gasteiger partial charge in [0.1, 0.15) is 6.20 Å². The molecule has 0 aliphatic heterocycles. The summed E-state index contributed by atoms with van der Waals surface area (Å²) in [6.07, 6.45) is 11.0. The van der Waals surface area contributed by atoms with E-state index in [1.54, 1.807) is 29.1 Å². The van der Waals surface area contributed by atoms with Gasteiger partial charge in [0.2, 0.25) is 5.82 Å². The number of pyridine rings is 1. The van der Waals surface area contributed by atoms with Crippen molar-refractivity contribution in [2.75, 3.05) is 0 Å². The molecule has 0 bridgehead atoms. The third kappa shape index (κ3) is 6.44. The van der Waals surface area contributed by atoms with Crippen molar-refractivity contribution in [2.45, 2.75) is 6.54 Å². The van der Waals surface area contributed by atoms with Gasteiger partial charge in [-0.2, -0.15) is 14.8 Å². The highest BCUT2D eigenvalue weighted by Gasteiger charge is 2.15. The van der Waals surface area contributed by atoms with E-state index in [-0.39, 0.29) is 30.7 Å². The van der Waals surface area contributed by atoms with Crippen LogP contribution in [0.5, 0.6) is 0 Å². The Morgan fingerprint density at radius 3 is 2.48 bits per heavy atom. The zero-order valence-corrected chi connectivity index (χ0v) is 17.1. The van der Waals surface area contributed by atoms with Crippen LogP contribution < -0.4 is 9.67 Å². The standard InChI is InChI=1S/C21H18N6O3.ClH/c1-2-26-19(22-15-21(26)27(29)30)11-10-17-6-8-18(9-7-17)14-23-24-20(28)16-25-12-4-3-5-13-25;/h2-15H,1,16H2;1H. The van der Waals surface area contributed by atoms with Crippen LogP contribution in [0, 0.1) is 10.1 Å². The molecule has 0 saturated carbocycles. The van der Waals surface area contributed by atoms with Crippen LogP contribution in [0.15, 0.2) is 77.8 Å². The second-order valence-corrected chi connectivity index (χ2v) is 6.07. The predicted octanol–water partition coefficient (Wildman–Crippen LogP) is 2.56. The average molecular weight is 439 g/mol. The van der Waals surface area contributed by atoms with Crippen LogP contribution >= 0.6 is 12.4 Å². The third-order valence-electron chi connectivity index (χ3n) is 4.01. The smallest absolute Gasteiger partial charge is 0.347 e. The first-order chi connectivity index (χ1) is 14.6. The van der Waals surface area contributed by atoms with Crippen LogP contribution in [0.1, 0.15) is 17.0 Å². The van der Waals surface area contributed by atoms with Crippen molar-refractivity contribution in [3.05, 3.63) is 94.7 Å². The summed E-state index contributed by atoms with van der Waals surface area (Å²) in [4.78, 5) is 14.5. The van der Waals surface area contributed by atoms with Crippen LogP contribution in [-0.4, -0.2) is 26.6 Å². The summed E-state index contributed by atoms with van der Waals surface area (Å²) in [6.45, 7) is 3.70. The maximum Gasteiger partial charge on any atom is 0.347 e. The number of benzene rings is 1. The summed E-state index contributed by atoms with van der Waals surface area (Å²) in [6, 6.07) is 12.9. The number of nitro groups is 1. The van der Waals surface area contributed by atoms with Crippen LogP contribution in [0.4, 0.5) is 5.82 Å². The molecule has 0 aliphatic carbocycles. The molecule has 2 aromatic heterocycles. The predicted molar refractivity (Wildman–Crippen MR) is 120 cm³/mol. The normalized spacial score (nSPS) is 11.5. The third-order valence-corrected chi connectivity index (χ3v) is 4.01. The van der Waals surface area contributed by atoms with Crippen LogP contribution in [0.3, 0.4) is 0 Å². The molecule has 10 heteroatoms. The Bertz CT molecular complexity index is 1120. The lowest BCUT2D eigenvalue weighted by Crippen LogP contribution is -2.41. The van der Waals surface area contributed by atoms with E-state index in [0.29, 0.717) is 5.82 Å².